The van der Waals surface area contributed by atoms with Crippen LogP contribution in [0.3, 0.4) is 0 Å². The van der Waals surface area contributed by atoms with Crippen molar-refractivity contribution in [2.75, 3.05) is 6.54 Å². The van der Waals surface area contributed by atoms with E-state index in [1.807, 2.05) is 13.8 Å². The van der Waals surface area contributed by atoms with Crippen molar-refractivity contribution in [2.24, 2.45) is 5.73 Å². The summed E-state index contributed by atoms with van der Waals surface area (Å²) in [6, 6.07) is 5.12. The molecule has 19 heavy (non-hydrogen) atoms. The number of sulfonamides is 1. The van der Waals surface area contributed by atoms with Crippen LogP contribution in [0.1, 0.15) is 32.3 Å². The minimum atomic E-state index is -3.55. The quantitative estimate of drug-likeness (QED) is 0.829. The lowest BCUT2D eigenvalue weighted by molar-refractivity contribution is 0.363. The summed E-state index contributed by atoms with van der Waals surface area (Å²) < 4.78 is 28.6. The topological polar surface area (TPSA) is 72.2 Å². The Kier molecular flexibility index (Phi) is 5.55. The van der Waals surface area contributed by atoms with Gasteiger partial charge in [0.05, 0.1) is 4.90 Å². The van der Waals surface area contributed by atoms with Crippen molar-refractivity contribution in [1.29, 1.82) is 0 Å². The van der Waals surface area contributed by atoms with Gasteiger partial charge in [-0.15, -0.1) is 0 Å². The first kappa shape index (κ1) is 16.6. The van der Waals surface area contributed by atoms with Gasteiger partial charge in [0, 0.05) is 16.6 Å². The number of nitrogens with one attached hydrogen (secondary N) is 1. The zero-order chi connectivity index (χ0) is 14.7. The van der Waals surface area contributed by atoms with E-state index >= 15 is 0 Å². The van der Waals surface area contributed by atoms with Gasteiger partial charge in [0.15, 0.2) is 0 Å². The van der Waals surface area contributed by atoms with Gasteiger partial charge in [-0.3, -0.25) is 0 Å². The zero-order valence-electron chi connectivity index (χ0n) is 11.5. The van der Waals surface area contributed by atoms with Crippen LogP contribution in [0.25, 0.3) is 0 Å². The molecule has 0 aliphatic heterocycles. The molecule has 0 saturated heterocycles. The third-order valence-corrected chi connectivity index (χ3v) is 5.75. The van der Waals surface area contributed by atoms with Gasteiger partial charge < -0.3 is 5.73 Å². The molecule has 0 aliphatic carbocycles. The van der Waals surface area contributed by atoms with Gasteiger partial charge in [0.1, 0.15) is 0 Å². The number of halogens is 1. The summed E-state index contributed by atoms with van der Waals surface area (Å²) in [7, 11) is -3.55. The molecule has 0 radical (unpaired) electrons. The number of hydrogen-bond donors (Lipinski definition) is 2. The molecule has 6 heteroatoms. The van der Waals surface area contributed by atoms with E-state index in [0.717, 1.165) is 4.47 Å². The Morgan fingerprint density at radius 1 is 1.32 bits per heavy atom. The number of benzene rings is 1. The summed E-state index contributed by atoms with van der Waals surface area (Å²) in [4.78, 5) is 0.301. The normalized spacial score (nSPS) is 12.7. The van der Waals surface area contributed by atoms with Gasteiger partial charge >= 0.3 is 0 Å². The van der Waals surface area contributed by atoms with Crippen molar-refractivity contribution < 1.29 is 8.42 Å². The molecule has 0 aromatic heterocycles. The summed E-state index contributed by atoms with van der Waals surface area (Å²) in [6.07, 6.45) is 1.32. The first-order chi connectivity index (χ1) is 8.80. The average molecular weight is 349 g/mol. The molecule has 0 fully saturated rings. The third-order valence-electron chi connectivity index (χ3n) is 3.52. The molecule has 1 rings (SSSR count). The first-order valence-electron chi connectivity index (χ1n) is 6.30. The molecule has 0 unspecified atom stereocenters. The van der Waals surface area contributed by atoms with Crippen molar-refractivity contribution in [3.8, 4) is 0 Å². The molecule has 0 bridgehead atoms. The van der Waals surface area contributed by atoms with E-state index in [-0.39, 0.29) is 6.54 Å². The lowest BCUT2D eigenvalue weighted by Crippen LogP contribution is -2.52. The molecule has 1 aromatic rings. The van der Waals surface area contributed by atoms with Crippen LogP contribution in [-0.2, 0) is 10.0 Å². The molecule has 0 amide bonds. The molecular weight excluding hydrogens is 328 g/mol. The Bertz CT molecular complexity index is 531. The largest absolute Gasteiger partial charge is 0.329 e. The minimum absolute atomic E-state index is 0.287. The van der Waals surface area contributed by atoms with Crippen LogP contribution in [0.4, 0.5) is 0 Å². The summed E-state index contributed by atoms with van der Waals surface area (Å²) in [5.41, 5.74) is 5.88. The highest BCUT2D eigenvalue weighted by molar-refractivity contribution is 9.10. The highest BCUT2D eigenvalue weighted by atomic mass is 79.9. The smallest absolute Gasteiger partial charge is 0.241 e. The summed E-state index contributed by atoms with van der Waals surface area (Å²) in [6.45, 7) is 5.94. The van der Waals surface area contributed by atoms with E-state index in [0.29, 0.717) is 23.3 Å². The van der Waals surface area contributed by atoms with E-state index in [9.17, 15) is 8.42 Å². The number of rotatable bonds is 6. The predicted octanol–water partition coefficient (Wildman–Crippen LogP) is 2.55. The van der Waals surface area contributed by atoms with Gasteiger partial charge in [0.25, 0.3) is 0 Å². The maximum atomic E-state index is 12.5. The number of hydrogen-bond acceptors (Lipinski definition) is 3. The Hall–Kier alpha value is -0.430. The average Bonchev–Trinajstić information content (AvgIpc) is 2.35. The van der Waals surface area contributed by atoms with Gasteiger partial charge in [-0.25, -0.2) is 13.1 Å². The molecule has 0 saturated carbocycles. The SMILES string of the molecule is CCC(CC)(CN)NS(=O)(=O)c1ccc(Br)cc1C. The number of nitrogens with two attached hydrogens (primary N) is 1. The molecule has 0 spiro atoms. The predicted molar refractivity (Wildman–Crippen MR) is 81.6 cm³/mol. The monoisotopic (exact) mass is 348 g/mol. The first-order valence-corrected chi connectivity index (χ1v) is 8.58. The van der Waals surface area contributed by atoms with Crippen LogP contribution in [0.2, 0.25) is 0 Å². The molecule has 108 valence electrons. The third kappa shape index (κ3) is 3.78. The van der Waals surface area contributed by atoms with Crippen molar-refractivity contribution in [3.05, 3.63) is 28.2 Å². The summed E-state index contributed by atoms with van der Waals surface area (Å²) in [5, 5.41) is 0. The fourth-order valence-corrected chi connectivity index (χ4v) is 4.24. The van der Waals surface area contributed by atoms with Crippen molar-refractivity contribution >= 4 is 26.0 Å². The molecule has 3 N–H and O–H groups in total. The minimum Gasteiger partial charge on any atom is -0.329 e. The Labute approximate surface area is 124 Å². The molecule has 4 nitrogen and oxygen atoms in total. The van der Waals surface area contributed by atoms with Crippen molar-refractivity contribution in [3.63, 3.8) is 0 Å². The van der Waals surface area contributed by atoms with E-state index in [1.54, 1.807) is 25.1 Å². The fourth-order valence-electron chi connectivity index (χ4n) is 1.98. The highest BCUT2D eigenvalue weighted by Gasteiger charge is 2.31. The van der Waals surface area contributed by atoms with E-state index < -0.39 is 15.6 Å². The van der Waals surface area contributed by atoms with Crippen molar-refractivity contribution in [2.45, 2.75) is 44.0 Å². The Balaban J connectivity index is 3.17. The molecular formula is C13H21BrN2O2S. The van der Waals surface area contributed by atoms with Crippen LogP contribution < -0.4 is 10.5 Å². The Morgan fingerprint density at radius 3 is 2.32 bits per heavy atom. The van der Waals surface area contributed by atoms with Crippen LogP contribution in [-0.4, -0.2) is 20.5 Å². The fraction of sp³-hybridized carbons (Fsp3) is 0.538. The molecule has 0 atom stereocenters. The maximum absolute atomic E-state index is 12.5. The maximum Gasteiger partial charge on any atom is 0.241 e. The van der Waals surface area contributed by atoms with Gasteiger partial charge in [0.2, 0.25) is 10.0 Å². The van der Waals surface area contributed by atoms with Crippen LogP contribution in [0, 0.1) is 6.92 Å². The second-order valence-corrected chi connectivity index (χ2v) is 7.27. The highest BCUT2D eigenvalue weighted by Crippen LogP contribution is 2.23. The standard InChI is InChI=1S/C13H21BrN2O2S/c1-4-13(5-2,9-15)16-19(17,18)12-7-6-11(14)8-10(12)3/h6-8,16H,4-5,9,15H2,1-3H3. The second-order valence-electron chi connectivity index (χ2n) is 4.71. The van der Waals surface area contributed by atoms with Crippen LogP contribution in [0.5, 0.6) is 0 Å². The molecule has 0 heterocycles. The van der Waals surface area contributed by atoms with Gasteiger partial charge in [-0.05, 0) is 43.5 Å². The lowest BCUT2D eigenvalue weighted by Gasteiger charge is -2.31. The lowest BCUT2D eigenvalue weighted by atomic mass is 9.95. The van der Waals surface area contributed by atoms with Crippen molar-refractivity contribution in [1.82, 2.24) is 4.72 Å². The summed E-state index contributed by atoms with van der Waals surface area (Å²) in [5.74, 6) is 0. The Morgan fingerprint density at radius 2 is 1.89 bits per heavy atom. The van der Waals surface area contributed by atoms with Crippen LogP contribution in [0.15, 0.2) is 27.6 Å². The van der Waals surface area contributed by atoms with Gasteiger partial charge in [-0.1, -0.05) is 29.8 Å². The van der Waals surface area contributed by atoms with Gasteiger partial charge in [-0.2, -0.15) is 0 Å². The van der Waals surface area contributed by atoms with E-state index in [2.05, 4.69) is 20.7 Å². The van der Waals surface area contributed by atoms with Crippen LogP contribution >= 0.6 is 15.9 Å². The molecule has 0 aliphatic rings. The molecule has 1 aromatic carbocycles. The van der Waals surface area contributed by atoms with E-state index in [1.165, 1.54) is 0 Å². The number of aryl methyl sites for hydroxylation is 1. The summed E-state index contributed by atoms with van der Waals surface area (Å²) >= 11 is 3.33. The zero-order valence-corrected chi connectivity index (χ0v) is 13.9. The van der Waals surface area contributed by atoms with E-state index in [4.69, 9.17) is 5.73 Å². The second kappa shape index (κ2) is 6.35.